The number of carbonyl (C=O) groups is 1. The van der Waals surface area contributed by atoms with Gasteiger partial charge in [0.2, 0.25) is 5.89 Å². The summed E-state index contributed by atoms with van der Waals surface area (Å²) < 4.78 is 7.92. The van der Waals surface area contributed by atoms with Gasteiger partial charge >= 0.3 is 0 Å². The lowest BCUT2D eigenvalue weighted by Crippen LogP contribution is -2.34. The molecule has 2 N–H and O–H groups in total. The molecule has 9 heteroatoms. The molecule has 4 aromatic carbocycles. The third kappa shape index (κ3) is 4.68. The maximum absolute atomic E-state index is 12.9. The number of anilines is 1. The molecule has 168 valence electrons. The third-order valence-corrected chi connectivity index (χ3v) is 7.04. The second kappa shape index (κ2) is 9.61. The van der Waals surface area contributed by atoms with E-state index in [1.807, 2.05) is 54.6 Å². The lowest BCUT2D eigenvalue weighted by atomic mass is 10.0. The van der Waals surface area contributed by atoms with Gasteiger partial charge in [-0.1, -0.05) is 35.9 Å². The molecule has 5 aromatic rings. The third-order valence-electron chi connectivity index (χ3n) is 5.14. The molecule has 34 heavy (non-hydrogen) atoms. The Morgan fingerprint density at radius 3 is 2.68 bits per heavy atom. The number of halogens is 3. The van der Waals surface area contributed by atoms with E-state index in [0.29, 0.717) is 33.3 Å². The minimum atomic E-state index is -0.321. The van der Waals surface area contributed by atoms with Crippen LogP contribution < -0.4 is 10.6 Å². The van der Waals surface area contributed by atoms with E-state index in [-0.39, 0.29) is 11.0 Å². The maximum Gasteiger partial charge on any atom is 0.258 e. The summed E-state index contributed by atoms with van der Waals surface area (Å²) in [7, 11) is 0. The van der Waals surface area contributed by atoms with Crippen molar-refractivity contribution in [2.24, 2.45) is 0 Å². The van der Waals surface area contributed by atoms with Crippen molar-refractivity contribution < 1.29 is 9.21 Å². The summed E-state index contributed by atoms with van der Waals surface area (Å²) in [6, 6.07) is 22.3. The summed E-state index contributed by atoms with van der Waals surface area (Å²) in [5, 5.41) is 8.11. The summed E-state index contributed by atoms with van der Waals surface area (Å²) >= 11 is 17.4. The van der Waals surface area contributed by atoms with Gasteiger partial charge in [-0.05, 0) is 105 Å². The molecule has 0 radical (unpaired) electrons. The lowest BCUT2D eigenvalue weighted by Gasteiger charge is -2.11. The minimum Gasteiger partial charge on any atom is -0.436 e. The van der Waals surface area contributed by atoms with E-state index in [2.05, 4.69) is 54.1 Å². The van der Waals surface area contributed by atoms with E-state index in [4.69, 9.17) is 28.2 Å². The second-order valence-corrected chi connectivity index (χ2v) is 10.3. The zero-order valence-electron chi connectivity index (χ0n) is 17.2. The van der Waals surface area contributed by atoms with Crippen molar-refractivity contribution in [3.8, 4) is 11.5 Å². The highest BCUT2D eigenvalue weighted by Gasteiger charge is 2.15. The Labute approximate surface area is 227 Å². The van der Waals surface area contributed by atoms with Crippen LogP contribution in [0.2, 0.25) is 5.02 Å². The minimum absolute atomic E-state index is 0.174. The number of oxazole rings is 1. The first kappa shape index (κ1) is 23.2. The van der Waals surface area contributed by atoms with E-state index in [9.17, 15) is 4.79 Å². The number of aromatic nitrogens is 1. The van der Waals surface area contributed by atoms with E-state index in [1.54, 1.807) is 18.2 Å². The van der Waals surface area contributed by atoms with Gasteiger partial charge in [0.15, 0.2) is 10.7 Å². The van der Waals surface area contributed by atoms with E-state index in [0.717, 1.165) is 24.4 Å². The maximum atomic E-state index is 12.9. The topological polar surface area (TPSA) is 67.2 Å². The molecule has 5 rings (SSSR count). The number of hydrogen-bond acceptors (Lipinski definition) is 4. The Morgan fingerprint density at radius 2 is 1.82 bits per heavy atom. The predicted molar refractivity (Wildman–Crippen MR) is 153 cm³/mol. The van der Waals surface area contributed by atoms with Gasteiger partial charge in [-0.2, -0.15) is 0 Å². The first-order chi connectivity index (χ1) is 16.4. The van der Waals surface area contributed by atoms with Crippen LogP contribution in [0.5, 0.6) is 0 Å². The van der Waals surface area contributed by atoms with Gasteiger partial charge in [-0.15, -0.1) is 0 Å². The van der Waals surface area contributed by atoms with Crippen LogP contribution in [0.1, 0.15) is 10.4 Å². The number of carbonyl (C=O) groups excluding carboxylic acids is 1. The summed E-state index contributed by atoms with van der Waals surface area (Å²) in [5.74, 6) is 0.196. The molecular weight excluding hydrogens is 649 g/mol. The number of fused-ring (bicyclic) bond motifs is 2. The van der Waals surface area contributed by atoms with Gasteiger partial charge in [0.1, 0.15) is 5.52 Å². The SMILES string of the molecule is O=C(NC(=S)Nc1ccc2oc(-c3cc(I)ccc3Br)nc2c1)c1cccc2c(Cl)cccc12. The molecule has 0 aliphatic rings. The van der Waals surface area contributed by atoms with Crippen LogP contribution in [0.4, 0.5) is 5.69 Å². The second-order valence-electron chi connectivity index (χ2n) is 7.37. The Morgan fingerprint density at radius 1 is 1.03 bits per heavy atom. The zero-order valence-corrected chi connectivity index (χ0v) is 22.5. The van der Waals surface area contributed by atoms with Gasteiger partial charge in [0.25, 0.3) is 5.91 Å². The van der Waals surface area contributed by atoms with E-state index < -0.39 is 0 Å². The van der Waals surface area contributed by atoms with Crippen LogP contribution in [-0.4, -0.2) is 16.0 Å². The molecule has 0 spiro atoms. The van der Waals surface area contributed by atoms with Crippen LogP contribution in [0.25, 0.3) is 33.3 Å². The van der Waals surface area contributed by atoms with Crippen molar-refractivity contribution in [1.82, 2.24) is 10.3 Å². The molecular formula is C25H14BrClIN3O2S. The quantitative estimate of drug-likeness (QED) is 0.153. The van der Waals surface area contributed by atoms with E-state index in [1.165, 1.54) is 0 Å². The Bertz CT molecular complexity index is 1600. The Hall–Kier alpha value is -2.53. The lowest BCUT2D eigenvalue weighted by molar-refractivity contribution is 0.0979. The Kier molecular flexibility index (Phi) is 6.57. The summed E-state index contributed by atoms with van der Waals surface area (Å²) in [4.78, 5) is 17.5. The molecule has 1 heterocycles. The molecule has 5 nitrogen and oxygen atoms in total. The summed E-state index contributed by atoms with van der Waals surface area (Å²) in [5.41, 5.74) is 3.36. The summed E-state index contributed by atoms with van der Waals surface area (Å²) in [6.45, 7) is 0. The fraction of sp³-hybridized carbons (Fsp3) is 0. The normalized spacial score (nSPS) is 11.0. The highest BCUT2D eigenvalue weighted by molar-refractivity contribution is 14.1. The van der Waals surface area contributed by atoms with Gasteiger partial charge in [-0.3, -0.25) is 10.1 Å². The Balaban J connectivity index is 1.35. The van der Waals surface area contributed by atoms with Crippen molar-refractivity contribution in [3.63, 3.8) is 0 Å². The van der Waals surface area contributed by atoms with Crippen LogP contribution in [0.15, 0.2) is 81.7 Å². The fourth-order valence-corrected chi connectivity index (χ4v) is 4.94. The molecule has 1 aromatic heterocycles. The number of amides is 1. The number of thiocarbonyl (C=S) groups is 1. The number of nitrogens with zero attached hydrogens (tertiary/aromatic N) is 1. The van der Waals surface area contributed by atoms with E-state index >= 15 is 0 Å². The van der Waals surface area contributed by atoms with Crippen molar-refractivity contribution >= 4 is 101 Å². The molecule has 0 fully saturated rings. The molecule has 0 aliphatic heterocycles. The monoisotopic (exact) mass is 661 g/mol. The van der Waals surface area contributed by atoms with Crippen molar-refractivity contribution in [2.75, 3.05) is 5.32 Å². The largest absolute Gasteiger partial charge is 0.436 e. The van der Waals surface area contributed by atoms with Crippen LogP contribution in [-0.2, 0) is 0 Å². The molecule has 0 saturated heterocycles. The number of hydrogen-bond donors (Lipinski definition) is 2. The van der Waals surface area contributed by atoms with Gasteiger partial charge in [0.05, 0.1) is 5.56 Å². The van der Waals surface area contributed by atoms with Gasteiger partial charge in [0, 0.05) is 29.7 Å². The molecule has 0 bridgehead atoms. The highest BCUT2D eigenvalue weighted by atomic mass is 127. The number of nitrogens with one attached hydrogen (secondary N) is 2. The standard InChI is InChI=1S/C25H14BrClIN3O2S/c26-19-9-7-13(28)11-18(19)24-30-21-12-14(8-10-22(21)33-24)29-25(34)31-23(32)17-5-1-4-16-15(17)3-2-6-20(16)27/h1-12H,(H2,29,31,32,34). The summed E-state index contributed by atoms with van der Waals surface area (Å²) in [6.07, 6.45) is 0. The van der Waals surface area contributed by atoms with Crippen molar-refractivity contribution in [3.05, 3.63) is 91.4 Å². The number of rotatable bonds is 3. The highest BCUT2D eigenvalue weighted by Crippen LogP contribution is 2.32. The first-order valence-corrected chi connectivity index (χ1v) is 12.7. The fourth-order valence-electron chi connectivity index (χ4n) is 3.58. The van der Waals surface area contributed by atoms with Crippen molar-refractivity contribution in [1.29, 1.82) is 0 Å². The average Bonchev–Trinajstić information content (AvgIpc) is 3.23. The predicted octanol–water partition coefficient (Wildman–Crippen LogP) is 7.80. The molecule has 1 amide bonds. The molecule has 0 atom stereocenters. The van der Waals surface area contributed by atoms with Gasteiger partial charge in [-0.25, -0.2) is 4.98 Å². The first-order valence-electron chi connectivity index (χ1n) is 10.0. The van der Waals surface area contributed by atoms with Crippen LogP contribution >= 0.6 is 62.3 Å². The molecule has 0 unspecified atom stereocenters. The smallest absolute Gasteiger partial charge is 0.258 e. The zero-order chi connectivity index (χ0) is 23.8. The molecule has 0 aliphatic carbocycles. The van der Waals surface area contributed by atoms with Crippen LogP contribution in [0.3, 0.4) is 0 Å². The van der Waals surface area contributed by atoms with Gasteiger partial charge < -0.3 is 9.73 Å². The number of benzene rings is 4. The van der Waals surface area contributed by atoms with Crippen LogP contribution in [0, 0.1) is 3.57 Å². The van der Waals surface area contributed by atoms with Crippen molar-refractivity contribution in [2.45, 2.75) is 0 Å². The molecule has 0 saturated carbocycles. The average molecular weight is 663 g/mol.